The fourth-order valence-electron chi connectivity index (χ4n) is 5.91. The summed E-state index contributed by atoms with van der Waals surface area (Å²) in [6.07, 6.45) is 0.796. The van der Waals surface area contributed by atoms with Crippen molar-refractivity contribution in [3.05, 3.63) is 35.9 Å². The van der Waals surface area contributed by atoms with Crippen LogP contribution in [0.2, 0.25) is 0 Å². The summed E-state index contributed by atoms with van der Waals surface area (Å²) in [6, 6.07) is -0.0674. The number of hydrogen-bond acceptors (Lipinski definition) is 10. The highest BCUT2D eigenvalue weighted by atomic mass is 16.4. The Morgan fingerprint density at radius 3 is 2.00 bits per heavy atom. The van der Waals surface area contributed by atoms with Gasteiger partial charge in [0.25, 0.3) is 0 Å². The smallest absolute Gasteiger partial charge is 0.328 e. The molecule has 2 rings (SSSR count). The molecular formula is C36H56N8O10. The molecule has 54 heavy (non-hydrogen) atoms. The van der Waals surface area contributed by atoms with Gasteiger partial charge in [-0.3, -0.25) is 33.6 Å². The lowest BCUT2D eigenvalue weighted by Gasteiger charge is -2.32. The van der Waals surface area contributed by atoms with Gasteiger partial charge in [-0.1, -0.05) is 64.4 Å². The van der Waals surface area contributed by atoms with Gasteiger partial charge in [0.15, 0.2) is 0 Å². The second-order valence-corrected chi connectivity index (χ2v) is 14.1. The van der Waals surface area contributed by atoms with Crippen LogP contribution in [0.5, 0.6) is 0 Å². The zero-order valence-electron chi connectivity index (χ0n) is 31.5. The topological polar surface area (TPSA) is 292 Å². The zero-order chi connectivity index (χ0) is 40.7. The van der Waals surface area contributed by atoms with Gasteiger partial charge in [0.05, 0.1) is 19.1 Å². The third kappa shape index (κ3) is 13.7. The fourth-order valence-corrected chi connectivity index (χ4v) is 5.91. The van der Waals surface area contributed by atoms with Crippen molar-refractivity contribution < 1.29 is 48.6 Å². The minimum atomic E-state index is -1.73. The lowest BCUT2D eigenvalue weighted by Crippen LogP contribution is -2.60. The summed E-state index contributed by atoms with van der Waals surface area (Å²) >= 11 is 0. The van der Waals surface area contributed by atoms with E-state index in [2.05, 4.69) is 21.3 Å². The molecule has 0 aliphatic carbocycles. The number of primary amides is 1. The van der Waals surface area contributed by atoms with E-state index in [9.17, 15) is 48.6 Å². The molecule has 0 unspecified atom stereocenters. The molecule has 11 N–H and O–H groups in total. The molecule has 1 aliphatic rings. The van der Waals surface area contributed by atoms with E-state index in [1.54, 1.807) is 37.3 Å². The number of aliphatic hydroxyl groups is 1. The predicted octanol–water partition coefficient (Wildman–Crippen LogP) is -1.96. The van der Waals surface area contributed by atoms with Crippen LogP contribution in [0.1, 0.15) is 72.3 Å². The van der Waals surface area contributed by atoms with Crippen LogP contribution in [0, 0.1) is 11.8 Å². The van der Waals surface area contributed by atoms with Crippen molar-refractivity contribution in [2.24, 2.45) is 23.3 Å². The van der Waals surface area contributed by atoms with Gasteiger partial charge in [-0.25, -0.2) is 4.79 Å². The number of nitrogens with one attached hydrogen (secondary N) is 5. The van der Waals surface area contributed by atoms with Gasteiger partial charge in [-0.15, -0.1) is 0 Å². The van der Waals surface area contributed by atoms with Crippen LogP contribution in [0.3, 0.4) is 0 Å². The number of carboxylic acid groups (broad SMARTS) is 1. The Hall–Kier alpha value is -5.10. The van der Waals surface area contributed by atoms with Crippen LogP contribution in [0.15, 0.2) is 30.3 Å². The summed E-state index contributed by atoms with van der Waals surface area (Å²) in [4.78, 5) is 105. The van der Waals surface area contributed by atoms with Crippen molar-refractivity contribution >= 4 is 47.3 Å². The van der Waals surface area contributed by atoms with E-state index in [-0.39, 0.29) is 31.2 Å². The van der Waals surface area contributed by atoms with Crippen LogP contribution in [0.4, 0.5) is 0 Å². The number of aliphatic carboxylic acids is 1. The molecule has 1 fully saturated rings. The quantitative estimate of drug-likeness (QED) is 0.0663. The summed E-state index contributed by atoms with van der Waals surface area (Å²) in [5, 5.41) is 31.0. The molecule has 0 radical (unpaired) electrons. The van der Waals surface area contributed by atoms with Gasteiger partial charge in [-0.2, -0.15) is 0 Å². The number of aliphatic hydroxyl groups excluding tert-OH is 1. The second kappa shape index (κ2) is 21.6. The molecule has 0 aromatic heterocycles. The maximum absolute atomic E-state index is 14.1. The molecule has 18 heteroatoms. The molecular weight excluding hydrogens is 704 g/mol. The van der Waals surface area contributed by atoms with E-state index in [0.29, 0.717) is 24.8 Å². The highest BCUT2D eigenvalue weighted by Gasteiger charge is 2.41. The minimum absolute atomic E-state index is 0.0750. The Morgan fingerprint density at radius 1 is 0.833 bits per heavy atom. The average molecular weight is 761 g/mol. The standard InChI is InChI=1S/C36H56N8O10/c1-6-20(4)29(43-30(47)21(5)39-31(48)23(37)15-19(2)3)35(52)44-14-10-13-27(44)34(51)41-24(16-22-11-8-7-9-12-22)32(49)40-25(17-28(38)46)33(50)42-26(18-45)36(53)54/h7-9,11-12,19-21,23-27,29,45H,6,10,13-18,37H2,1-5H3,(H2,38,46)(H,39,48)(H,40,49)(H,41,51)(H,42,50)(H,43,47)(H,53,54)/t20-,21-,23-,24-,25-,26-,27-,29-/m0/s1. The predicted molar refractivity (Wildman–Crippen MR) is 196 cm³/mol. The van der Waals surface area contributed by atoms with E-state index in [1.807, 2.05) is 26.1 Å². The lowest BCUT2D eigenvalue weighted by molar-refractivity contribution is -0.144. The zero-order valence-corrected chi connectivity index (χ0v) is 31.5. The van der Waals surface area contributed by atoms with Gasteiger partial charge in [-0.05, 0) is 43.6 Å². The number of rotatable bonds is 21. The number of nitrogens with two attached hydrogens (primary N) is 2. The van der Waals surface area contributed by atoms with Crippen molar-refractivity contribution in [3.8, 4) is 0 Å². The van der Waals surface area contributed by atoms with Crippen LogP contribution in [-0.2, 0) is 44.8 Å². The van der Waals surface area contributed by atoms with Gasteiger partial charge in [0.1, 0.15) is 36.3 Å². The monoisotopic (exact) mass is 760 g/mol. The third-order valence-corrected chi connectivity index (χ3v) is 9.18. The number of nitrogens with zero attached hydrogens (tertiary/aromatic N) is 1. The van der Waals surface area contributed by atoms with E-state index in [4.69, 9.17) is 11.5 Å². The van der Waals surface area contributed by atoms with Gasteiger partial charge in [0, 0.05) is 13.0 Å². The molecule has 1 aromatic carbocycles. The van der Waals surface area contributed by atoms with E-state index < -0.39 is 103 Å². The molecule has 1 aromatic rings. The van der Waals surface area contributed by atoms with Crippen molar-refractivity contribution in [2.45, 2.75) is 115 Å². The fraction of sp³-hybridized carbons (Fsp3) is 0.611. The summed E-state index contributed by atoms with van der Waals surface area (Å²) < 4.78 is 0. The molecule has 0 bridgehead atoms. The number of hydrogen-bond donors (Lipinski definition) is 9. The Morgan fingerprint density at radius 2 is 1.44 bits per heavy atom. The largest absolute Gasteiger partial charge is 0.480 e. The van der Waals surface area contributed by atoms with Crippen LogP contribution < -0.4 is 38.1 Å². The van der Waals surface area contributed by atoms with E-state index >= 15 is 0 Å². The molecule has 0 saturated carbocycles. The molecule has 7 amide bonds. The van der Waals surface area contributed by atoms with Gasteiger partial charge in [0.2, 0.25) is 41.4 Å². The number of carbonyl (C=O) groups is 8. The maximum Gasteiger partial charge on any atom is 0.328 e. The number of likely N-dealkylation sites (tertiary alicyclic amines) is 1. The normalized spacial score (nSPS) is 17.9. The number of carbonyl (C=O) groups excluding carboxylic acids is 7. The van der Waals surface area contributed by atoms with Crippen molar-refractivity contribution in [1.82, 2.24) is 31.5 Å². The molecule has 1 saturated heterocycles. The summed E-state index contributed by atoms with van der Waals surface area (Å²) in [5.74, 6) is -7.10. The highest BCUT2D eigenvalue weighted by Crippen LogP contribution is 2.22. The molecule has 1 heterocycles. The first-order chi connectivity index (χ1) is 25.4. The number of amides is 7. The summed E-state index contributed by atoms with van der Waals surface area (Å²) in [6.45, 7) is 8.14. The third-order valence-electron chi connectivity index (χ3n) is 9.18. The summed E-state index contributed by atoms with van der Waals surface area (Å²) in [7, 11) is 0. The Bertz CT molecular complexity index is 1490. The molecule has 8 atom stereocenters. The first-order valence-corrected chi connectivity index (χ1v) is 18.1. The lowest BCUT2D eigenvalue weighted by atomic mass is 9.96. The SMILES string of the molecule is CC[C@H](C)[C@H](NC(=O)[C@H](C)NC(=O)[C@@H](N)CC(C)C)C(=O)N1CCC[C@H]1C(=O)N[C@@H](Cc1ccccc1)C(=O)N[C@@H](CC(N)=O)C(=O)N[C@@H](CO)C(=O)O. The highest BCUT2D eigenvalue weighted by molar-refractivity contribution is 5.98. The minimum Gasteiger partial charge on any atom is -0.480 e. The molecule has 0 spiro atoms. The maximum atomic E-state index is 14.1. The first kappa shape index (κ1) is 45.1. The van der Waals surface area contributed by atoms with E-state index in [1.165, 1.54) is 11.8 Å². The number of carboxylic acids is 1. The van der Waals surface area contributed by atoms with Crippen molar-refractivity contribution in [1.29, 1.82) is 0 Å². The number of benzene rings is 1. The van der Waals surface area contributed by atoms with Crippen LogP contribution >= 0.6 is 0 Å². The molecule has 1 aliphatic heterocycles. The van der Waals surface area contributed by atoms with Crippen molar-refractivity contribution in [2.75, 3.05) is 13.2 Å². The van der Waals surface area contributed by atoms with Crippen LogP contribution in [0.25, 0.3) is 0 Å². The Balaban J connectivity index is 2.30. The van der Waals surface area contributed by atoms with Gasteiger partial charge >= 0.3 is 5.97 Å². The second-order valence-electron chi connectivity index (χ2n) is 14.1. The van der Waals surface area contributed by atoms with Gasteiger partial charge < -0.3 is 53.2 Å². The van der Waals surface area contributed by atoms with Crippen LogP contribution in [-0.4, -0.2) is 118 Å². The molecule has 18 nitrogen and oxygen atoms in total. The Labute approximate surface area is 314 Å². The first-order valence-electron chi connectivity index (χ1n) is 18.1. The Kier molecular flexibility index (Phi) is 18.0. The summed E-state index contributed by atoms with van der Waals surface area (Å²) in [5.41, 5.74) is 11.9. The van der Waals surface area contributed by atoms with Crippen molar-refractivity contribution in [3.63, 3.8) is 0 Å². The average Bonchev–Trinajstić information content (AvgIpc) is 3.61. The van der Waals surface area contributed by atoms with E-state index in [0.717, 1.165) is 0 Å². The molecule has 300 valence electrons.